The van der Waals surface area contributed by atoms with Crippen LogP contribution in [0.2, 0.25) is 0 Å². The van der Waals surface area contributed by atoms with E-state index in [9.17, 15) is 4.79 Å². The van der Waals surface area contributed by atoms with Crippen molar-refractivity contribution in [3.63, 3.8) is 0 Å². The maximum Gasteiger partial charge on any atom is 0.236 e. The molecule has 2 N–H and O–H groups in total. The number of hydrogen-bond donors (Lipinski definition) is 2. The third-order valence-corrected chi connectivity index (χ3v) is 3.19. The Morgan fingerprint density at radius 1 is 1.39 bits per heavy atom. The maximum absolute atomic E-state index is 10.9. The number of carbonyl (C=O) groups is 1. The van der Waals surface area contributed by atoms with Gasteiger partial charge in [0.1, 0.15) is 0 Å². The van der Waals surface area contributed by atoms with Gasteiger partial charge in [-0.2, -0.15) is 5.10 Å². The molecule has 0 atom stereocenters. The van der Waals surface area contributed by atoms with Crippen molar-refractivity contribution in [3.05, 3.63) is 35.4 Å². The minimum absolute atomic E-state index is 0.0395. The van der Waals surface area contributed by atoms with E-state index in [1.54, 1.807) is 6.21 Å². The van der Waals surface area contributed by atoms with Crippen molar-refractivity contribution in [1.29, 1.82) is 0 Å². The van der Waals surface area contributed by atoms with E-state index in [0.717, 1.165) is 11.1 Å². The van der Waals surface area contributed by atoms with Crippen molar-refractivity contribution in [1.82, 2.24) is 5.32 Å². The average Bonchev–Trinajstić information content (AvgIpc) is 2.78. The molecular formula is C12H13N3O2S. The number of amides is 1. The molecule has 1 saturated heterocycles. The van der Waals surface area contributed by atoms with E-state index in [1.807, 2.05) is 24.3 Å². The fourth-order valence-corrected chi connectivity index (χ4v) is 2.06. The molecule has 0 aromatic heterocycles. The number of nitrogens with one attached hydrogen (secondary N) is 1. The molecule has 5 nitrogen and oxygen atoms in total. The number of thioether (sulfide) groups is 1. The number of aliphatic hydroxyl groups is 1. The number of benzene rings is 1. The van der Waals surface area contributed by atoms with Crippen molar-refractivity contribution in [2.45, 2.75) is 6.42 Å². The van der Waals surface area contributed by atoms with Crippen LogP contribution in [0.4, 0.5) is 0 Å². The largest absolute Gasteiger partial charge is 0.396 e. The normalized spacial score (nSPS) is 17.6. The molecule has 1 aliphatic rings. The SMILES string of the molecule is O=C1CSC(=NN=Cc2ccc(CCO)cc2)N1. The van der Waals surface area contributed by atoms with Gasteiger partial charge in [0.25, 0.3) is 0 Å². The lowest BCUT2D eigenvalue weighted by atomic mass is 10.1. The lowest BCUT2D eigenvalue weighted by molar-refractivity contribution is -0.116. The monoisotopic (exact) mass is 263 g/mol. The first-order valence-electron chi connectivity index (χ1n) is 5.51. The minimum atomic E-state index is -0.0395. The summed E-state index contributed by atoms with van der Waals surface area (Å²) < 4.78 is 0. The Hall–Kier alpha value is -1.66. The highest BCUT2D eigenvalue weighted by Crippen LogP contribution is 2.08. The first-order valence-corrected chi connectivity index (χ1v) is 6.50. The molecular weight excluding hydrogens is 250 g/mol. The molecule has 1 heterocycles. The van der Waals surface area contributed by atoms with Crippen LogP contribution >= 0.6 is 11.8 Å². The molecule has 1 fully saturated rings. The number of rotatable bonds is 4. The van der Waals surface area contributed by atoms with Crippen molar-refractivity contribution in [2.75, 3.05) is 12.4 Å². The number of hydrogen-bond acceptors (Lipinski definition) is 5. The van der Waals surface area contributed by atoms with Crippen LogP contribution in [0.1, 0.15) is 11.1 Å². The van der Waals surface area contributed by atoms with E-state index in [2.05, 4.69) is 15.5 Å². The highest BCUT2D eigenvalue weighted by molar-refractivity contribution is 8.15. The van der Waals surface area contributed by atoms with Crippen LogP contribution < -0.4 is 5.32 Å². The summed E-state index contributed by atoms with van der Waals surface area (Å²) >= 11 is 1.34. The Morgan fingerprint density at radius 2 is 2.17 bits per heavy atom. The molecule has 0 radical (unpaired) electrons. The lowest BCUT2D eigenvalue weighted by Crippen LogP contribution is -2.19. The molecule has 1 aliphatic heterocycles. The Kier molecular flexibility index (Phi) is 4.49. The number of amidine groups is 1. The zero-order chi connectivity index (χ0) is 12.8. The molecule has 2 rings (SSSR count). The van der Waals surface area contributed by atoms with Gasteiger partial charge in [-0.3, -0.25) is 4.79 Å². The Morgan fingerprint density at radius 3 is 2.78 bits per heavy atom. The predicted molar refractivity (Wildman–Crippen MR) is 72.9 cm³/mol. The van der Waals surface area contributed by atoms with Crippen molar-refractivity contribution >= 4 is 29.1 Å². The van der Waals surface area contributed by atoms with Gasteiger partial charge in [-0.15, -0.1) is 5.10 Å². The topological polar surface area (TPSA) is 74.0 Å². The Labute approximate surface area is 109 Å². The second kappa shape index (κ2) is 6.32. The van der Waals surface area contributed by atoms with Crippen LogP contribution in [0.25, 0.3) is 0 Å². The molecule has 6 heteroatoms. The van der Waals surface area contributed by atoms with Crippen LogP contribution in [0.3, 0.4) is 0 Å². The first kappa shape index (κ1) is 12.8. The second-order valence-electron chi connectivity index (χ2n) is 3.70. The standard InChI is InChI=1S/C12H13N3O2S/c16-6-5-9-1-3-10(4-2-9)7-13-15-12-14-11(17)8-18-12/h1-4,7,16H,5-6,8H2,(H,14,15,17). The van der Waals surface area contributed by atoms with Gasteiger partial charge in [0.05, 0.1) is 12.0 Å². The van der Waals surface area contributed by atoms with Crippen molar-refractivity contribution in [3.8, 4) is 0 Å². The van der Waals surface area contributed by atoms with E-state index >= 15 is 0 Å². The molecule has 0 saturated carbocycles. The summed E-state index contributed by atoms with van der Waals surface area (Å²) in [5.41, 5.74) is 2.01. The van der Waals surface area contributed by atoms with Crippen LogP contribution in [-0.4, -0.2) is 34.8 Å². The molecule has 94 valence electrons. The molecule has 0 aliphatic carbocycles. The van der Waals surface area contributed by atoms with Crippen LogP contribution in [-0.2, 0) is 11.2 Å². The molecule has 18 heavy (non-hydrogen) atoms. The highest BCUT2D eigenvalue weighted by Gasteiger charge is 2.15. The van der Waals surface area contributed by atoms with E-state index < -0.39 is 0 Å². The molecule has 1 amide bonds. The number of nitrogens with zero attached hydrogens (tertiary/aromatic N) is 2. The second-order valence-corrected chi connectivity index (χ2v) is 4.67. The number of carbonyl (C=O) groups excluding carboxylic acids is 1. The van der Waals surface area contributed by atoms with E-state index in [0.29, 0.717) is 17.3 Å². The van der Waals surface area contributed by atoms with Gasteiger partial charge >= 0.3 is 0 Å². The van der Waals surface area contributed by atoms with Crippen LogP contribution in [0, 0.1) is 0 Å². The van der Waals surface area contributed by atoms with Crippen molar-refractivity contribution < 1.29 is 9.90 Å². The summed E-state index contributed by atoms with van der Waals surface area (Å²) in [5, 5.41) is 19.7. The summed E-state index contributed by atoms with van der Waals surface area (Å²) in [6.07, 6.45) is 2.28. The Bertz CT molecular complexity index is 483. The van der Waals surface area contributed by atoms with Gasteiger partial charge in [-0.05, 0) is 17.5 Å². The maximum atomic E-state index is 10.9. The van der Waals surface area contributed by atoms with Crippen molar-refractivity contribution in [2.24, 2.45) is 10.2 Å². The average molecular weight is 263 g/mol. The third-order valence-electron chi connectivity index (χ3n) is 2.32. The zero-order valence-corrected chi connectivity index (χ0v) is 10.5. The van der Waals surface area contributed by atoms with Gasteiger partial charge < -0.3 is 10.4 Å². The van der Waals surface area contributed by atoms with E-state index in [-0.39, 0.29) is 12.5 Å². The fourth-order valence-electron chi connectivity index (χ4n) is 1.43. The van der Waals surface area contributed by atoms with Gasteiger partial charge in [0.2, 0.25) is 5.91 Å². The predicted octanol–water partition coefficient (Wildman–Crippen LogP) is 0.774. The summed E-state index contributed by atoms with van der Waals surface area (Å²) in [7, 11) is 0. The molecule has 1 aromatic carbocycles. The van der Waals surface area contributed by atoms with E-state index in [4.69, 9.17) is 5.11 Å². The van der Waals surface area contributed by atoms with Crippen LogP contribution in [0.15, 0.2) is 34.5 Å². The van der Waals surface area contributed by atoms with Gasteiger partial charge in [-0.1, -0.05) is 36.0 Å². The molecule has 0 bridgehead atoms. The quantitative estimate of drug-likeness (QED) is 0.622. The zero-order valence-electron chi connectivity index (χ0n) is 9.67. The van der Waals surface area contributed by atoms with Gasteiger partial charge in [0.15, 0.2) is 5.17 Å². The highest BCUT2D eigenvalue weighted by atomic mass is 32.2. The summed E-state index contributed by atoms with van der Waals surface area (Å²) in [6.45, 7) is 0.151. The smallest absolute Gasteiger partial charge is 0.236 e. The summed E-state index contributed by atoms with van der Waals surface area (Å²) in [4.78, 5) is 10.9. The van der Waals surface area contributed by atoms with Gasteiger partial charge in [0, 0.05) is 6.61 Å². The molecule has 1 aromatic rings. The lowest BCUT2D eigenvalue weighted by Gasteiger charge is -1.97. The van der Waals surface area contributed by atoms with E-state index in [1.165, 1.54) is 11.8 Å². The summed E-state index contributed by atoms with van der Waals surface area (Å²) in [5.74, 6) is 0.367. The Balaban J connectivity index is 1.94. The first-order chi connectivity index (χ1) is 8.78. The minimum Gasteiger partial charge on any atom is -0.396 e. The number of aliphatic hydroxyl groups excluding tert-OH is 1. The fraction of sp³-hybridized carbons (Fsp3) is 0.250. The summed E-state index contributed by atoms with van der Waals surface area (Å²) in [6, 6.07) is 7.71. The van der Waals surface area contributed by atoms with Crippen LogP contribution in [0.5, 0.6) is 0 Å². The molecule has 0 spiro atoms. The van der Waals surface area contributed by atoms with Gasteiger partial charge in [-0.25, -0.2) is 0 Å². The third kappa shape index (κ3) is 3.68. The molecule has 0 unspecified atom stereocenters.